The van der Waals surface area contributed by atoms with E-state index >= 15 is 0 Å². The van der Waals surface area contributed by atoms with E-state index in [1.165, 1.54) is 6.20 Å². The third-order valence-electron chi connectivity index (χ3n) is 2.85. The Labute approximate surface area is 102 Å². The van der Waals surface area contributed by atoms with Crippen LogP contribution >= 0.6 is 15.9 Å². The fraction of sp³-hybridized carbons (Fsp3) is 0.545. The summed E-state index contributed by atoms with van der Waals surface area (Å²) in [6.45, 7) is 1.43. The molecule has 0 bridgehead atoms. The topological polar surface area (TPSA) is 45.2 Å². The highest BCUT2D eigenvalue weighted by Crippen LogP contribution is 2.23. The van der Waals surface area contributed by atoms with Crippen LogP contribution in [-0.4, -0.2) is 28.8 Å². The van der Waals surface area contributed by atoms with Crippen LogP contribution in [0.1, 0.15) is 18.4 Å². The third-order valence-corrected chi connectivity index (χ3v) is 3.28. The Morgan fingerprint density at radius 1 is 1.62 bits per heavy atom. The Hall–Kier alpha value is -0.520. The van der Waals surface area contributed by atoms with Crippen LogP contribution in [-0.2, 0) is 6.42 Å². The molecule has 0 radical (unpaired) electrons. The van der Waals surface area contributed by atoms with Gasteiger partial charge in [0.1, 0.15) is 0 Å². The molecule has 1 saturated heterocycles. The molecule has 88 valence electrons. The van der Waals surface area contributed by atoms with E-state index in [4.69, 9.17) is 0 Å². The van der Waals surface area contributed by atoms with Crippen LogP contribution in [0.25, 0.3) is 0 Å². The highest BCUT2D eigenvalue weighted by atomic mass is 79.9. The highest BCUT2D eigenvalue weighted by molar-refractivity contribution is 9.10. The molecule has 1 atom stereocenters. The molecule has 2 rings (SSSR count). The molecule has 1 aromatic heterocycles. The Balaban J connectivity index is 2.15. The lowest BCUT2D eigenvalue weighted by atomic mass is 9.88. The van der Waals surface area contributed by atoms with Crippen molar-refractivity contribution in [1.82, 2.24) is 10.3 Å². The minimum absolute atomic E-state index is 0.304. The molecule has 3 nitrogen and oxygen atoms in total. The van der Waals surface area contributed by atoms with Crippen molar-refractivity contribution in [3.63, 3.8) is 0 Å². The third kappa shape index (κ3) is 2.78. The molecular formula is C11H14BrFN2O. The number of rotatable bonds is 2. The van der Waals surface area contributed by atoms with E-state index in [2.05, 4.69) is 26.2 Å². The van der Waals surface area contributed by atoms with Gasteiger partial charge in [-0.3, -0.25) is 0 Å². The molecule has 1 unspecified atom stereocenters. The van der Waals surface area contributed by atoms with Gasteiger partial charge in [-0.05, 0) is 41.4 Å². The Morgan fingerprint density at radius 3 is 3.12 bits per heavy atom. The maximum atomic E-state index is 13.4. The molecule has 0 spiro atoms. The standard InChI is InChI=1S/C11H14BrFN2O/c12-9-4-8(10(13)15-6-9)5-11(16)2-1-3-14-7-11/h4,6,14,16H,1-3,5,7H2. The lowest BCUT2D eigenvalue weighted by molar-refractivity contribution is 0.0160. The Morgan fingerprint density at radius 2 is 2.44 bits per heavy atom. The van der Waals surface area contributed by atoms with Crippen LogP contribution in [0.4, 0.5) is 4.39 Å². The van der Waals surface area contributed by atoms with Crippen molar-refractivity contribution in [1.29, 1.82) is 0 Å². The molecule has 1 fully saturated rings. The quantitative estimate of drug-likeness (QED) is 0.814. The van der Waals surface area contributed by atoms with Crippen molar-refractivity contribution >= 4 is 15.9 Å². The van der Waals surface area contributed by atoms with Gasteiger partial charge in [-0.2, -0.15) is 4.39 Å². The van der Waals surface area contributed by atoms with E-state index in [1.54, 1.807) is 6.07 Å². The van der Waals surface area contributed by atoms with Gasteiger partial charge in [0.15, 0.2) is 0 Å². The average Bonchev–Trinajstić information content (AvgIpc) is 2.24. The minimum atomic E-state index is -0.846. The Kier molecular flexibility index (Phi) is 3.56. The molecule has 0 saturated carbocycles. The number of pyridine rings is 1. The van der Waals surface area contributed by atoms with E-state index in [1.807, 2.05) is 0 Å². The smallest absolute Gasteiger partial charge is 0.216 e. The van der Waals surface area contributed by atoms with Gasteiger partial charge in [-0.25, -0.2) is 4.98 Å². The molecule has 0 aliphatic carbocycles. The molecule has 16 heavy (non-hydrogen) atoms. The summed E-state index contributed by atoms with van der Waals surface area (Å²) >= 11 is 3.25. The van der Waals surface area contributed by atoms with Crippen molar-refractivity contribution in [3.05, 3.63) is 28.2 Å². The van der Waals surface area contributed by atoms with Gasteiger partial charge in [0, 0.05) is 29.2 Å². The van der Waals surface area contributed by atoms with Gasteiger partial charge in [0.2, 0.25) is 5.95 Å². The minimum Gasteiger partial charge on any atom is -0.388 e. The first-order chi connectivity index (χ1) is 7.59. The van der Waals surface area contributed by atoms with Crippen LogP contribution in [0, 0.1) is 5.95 Å². The summed E-state index contributed by atoms with van der Waals surface area (Å²) in [6, 6.07) is 1.68. The van der Waals surface area contributed by atoms with Crippen molar-refractivity contribution in [2.45, 2.75) is 24.9 Å². The zero-order chi connectivity index (χ0) is 11.6. The van der Waals surface area contributed by atoms with Gasteiger partial charge in [-0.1, -0.05) is 0 Å². The van der Waals surface area contributed by atoms with Crippen LogP contribution in [0.3, 0.4) is 0 Å². The van der Waals surface area contributed by atoms with Crippen LogP contribution in [0.5, 0.6) is 0 Å². The van der Waals surface area contributed by atoms with Crippen molar-refractivity contribution in [2.75, 3.05) is 13.1 Å². The number of nitrogens with zero attached hydrogens (tertiary/aromatic N) is 1. The van der Waals surface area contributed by atoms with Crippen molar-refractivity contribution in [2.24, 2.45) is 0 Å². The second-order valence-corrected chi connectivity index (χ2v) is 5.20. The van der Waals surface area contributed by atoms with E-state index in [0.717, 1.165) is 17.4 Å². The SMILES string of the molecule is OC1(Cc2cc(Br)cnc2F)CCCNC1. The van der Waals surface area contributed by atoms with Gasteiger partial charge < -0.3 is 10.4 Å². The van der Waals surface area contributed by atoms with Crippen LogP contribution in [0.15, 0.2) is 16.7 Å². The highest BCUT2D eigenvalue weighted by Gasteiger charge is 2.30. The summed E-state index contributed by atoms with van der Waals surface area (Å²) in [5, 5.41) is 13.4. The number of halogens is 2. The van der Waals surface area contributed by atoms with Crippen LogP contribution < -0.4 is 5.32 Å². The molecule has 1 aromatic rings. The fourth-order valence-electron chi connectivity index (χ4n) is 2.05. The lowest BCUT2D eigenvalue weighted by Gasteiger charge is -2.32. The number of aromatic nitrogens is 1. The summed E-state index contributed by atoms with van der Waals surface area (Å²) in [5.41, 5.74) is -0.387. The summed E-state index contributed by atoms with van der Waals surface area (Å²) in [6.07, 6.45) is 3.34. The van der Waals surface area contributed by atoms with E-state index < -0.39 is 11.5 Å². The second kappa shape index (κ2) is 4.77. The second-order valence-electron chi connectivity index (χ2n) is 4.28. The Bertz CT molecular complexity index is 380. The summed E-state index contributed by atoms with van der Waals surface area (Å²) in [7, 11) is 0. The number of aliphatic hydroxyl groups is 1. The summed E-state index contributed by atoms with van der Waals surface area (Å²) < 4.78 is 14.2. The van der Waals surface area contributed by atoms with E-state index in [-0.39, 0.29) is 0 Å². The first-order valence-corrected chi connectivity index (χ1v) is 6.11. The molecule has 2 N–H and O–H groups in total. The van der Waals surface area contributed by atoms with Gasteiger partial charge in [-0.15, -0.1) is 0 Å². The van der Waals surface area contributed by atoms with Gasteiger partial charge in [0.05, 0.1) is 5.60 Å². The molecule has 0 aromatic carbocycles. The number of hydrogen-bond acceptors (Lipinski definition) is 3. The number of β-amino-alcohol motifs (C(OH)–C–C–N with tert-alkyl or cyclic N) is 1. The maximum absolute atomic E-state index is 13.4. The predicted molar refractivity (Wildman–Crippen MR) is 62.7 cm³/mol. The molecule has 1 aliphatic heterocycles. The normalized spacial score (nSPS) is 25.7. The molecule has 5 heteroatoms. The average molecular weight is 289 g/mol. The number of piperidine rings is 1. The van der Waals surface area contributed by atoms with Crippen molar-refractivity contribution < 1.29 is 9.50 Å². The lowest BCUT2D eigenvalue weighted by Crippen LogP contribution is -2.47. The molecule has 2 heterocycles. The zero-order valence-electron chi connectivity index (χ0n) is 8.84. The zero-order valence-corrected chi connectivity index (χ0v) is 10.4. The van der Waals surface area contributed by atoms with Gasteiger partial charge in [0.25, 0.3) is 0 Å². The van der Waals surface area contributed by atoms with E-state index in [9.17, 15) is 9.50 Å². The number of hydrogen-bond donors (Lipinski definition) is 2. The first-order valence-electron chi connectivity index (χ1n) is 5.32. The number of nitrogens with one attached hydrogen (secondary N) is 1. The summed E-state index contributed by atoms with van der Waals surface area (Å²) in [5.74, 6) is -0.498. The molecular weight excluding hydrogens is 275 g/mol. The molecule has 1 aliphatic rings. The van der Waals surface area contributed by atoms with Gasteiger partial charge >= 0.3 is 0 Å². The van der Waals surface area contributed by atoms with E-state index in [0.29, 0.717) is 24.9 Å². The predicted octanol–water partition coefficient (Wildman–Crippen LogP) is 1.64. The fourth-order valence-corrected chi connectivity index (χ4v) is 2.42. The first kappa shape index (κ1) is 12.0. The largest absolute Gasteiger partial charge is 0.388 e. The maximum Gasteiger partial charge on any atom is 0.216 e. The van der Waals surface area contributed by atoms with Crippen LogP contribution in [0.2, 0.25) is 0 Å². The molecule has 0 amide bonds. The van der Waals surface area contributed by atoms with Crippen molar-refractivity contribution in [3.8, 4) is 0 Å². The monoisotopic (exact) mass is 288 g/mol. The summed E-state index contributed by atoms with van der Waals surface area (Å²) in [4.78, 5) is 3.63.